The molecule has 0 saturated carbocycles. The zero-order valence-electron chi connectivity index (χ0n) is 7.29. The van der Waals surface area contributed by atoms with E-state index in [1.807, 2.05) is 24.3 Å². The highest BCUT2D eigenvalue weighted by atomic mass is 127. The van der Waals surface area contributed by atoms with Crippen LogP contribution in [0, 0.1) is 15.9 Å². The second kappa shape index (κ2) is 5.87. The van der Waals surface area contributed by atoms with Crippen molar-refractivity contribution in [3.05, 3.63) is 27.8 Å². The number of rotatable bonds is 4. The molecular weight excluding hydrogens is 275 g/mol. The first-order valence-electron chi connectivity index (χ1n) is 4.15. The molecule has 2 heteroatoms. The zero-order chi connectivity index (χ0) is 9.52. The third kappa shape index (κ3) is 4.18. The van der Waals surface area contributed by atoms with E-state index in [2.05, 4.69) is 28.5 Å². The molecule has 0 N–H and O–H groups in total. The highest BCUT2D eigenvalue weighted by molar-refractivity contribution is 14.1. The van der Waals surface area contributed by atoms with Crippen molar-refractivity contribution in [1.29, 1.82) is 0 Å². The van der Waals surface area contributed by atoms with Crippen molar-refractivity contribution in [2.75, 3.05) is 6.61 Å². The van der Waals surface area contributed by atoms with Crippen molar-refractivity contribution >= 4 is 22.6 Å². The second-order valence-electron chi connectivity index (χ2n) is 2.61. The Kier molecular flexibility index (Phi) is 4.69. The van der Waals surface area contributed by atoms with Gasteiger partial charge in [-0.05, 0) is 53.3 Å². The molecule has 0 atom stereocenters. The number of benzene rings is 1. The molecule has 0 heterocycles. The molecule has 0 spiro atoms. The number of halogens is 1. The van der Waals surface area contributed by atoms with E-state index in [0.29, 0.717) is 6.61 Å². The molecule has 0 aromatic heterocycles. The summed E-state index contributed by atoms with van der Waals surface area (Å²) < 4.78 is 6.68. The third-order valence-corrected chi connectivity index (χ3v) is 2.27. The second-order valence-corrected chi connectivity index (χ2v) is 3.86. The Labute approximate surface area is 92.6 Å². The fraction of sp³-hybridized carbons (Fsp3) is 0.273. The lowest BCUT2D eigenvalue weighted by Gasteiger charge is -2.03. The van der Waals surface area contributed by atoms with Crippen molar-refractivity contribution in [3.63, 3.8) is 0 Å². The molecule has 0 amide bonds. The summed E-state index contributed by atoms with van der Waals surface area (Å²) in [5, 5.41) is 0. The van der Waals surface area contributed by atoms with Gasteiger partial charge < -0.3 is 4.74 Å². The SMILES string of the molecule is C#CCCCOc1ccc(I)cc1. The van der Waals surface area contributed by atoms with Gasteiger partial charge in [0.05, 0.1) is 6.61 Å². The van der Waals surface area contributed by atoms with Gasteiger partial charge >= 0.3 is 0 Å². The van der Waals surface area contributed by atoms with E-state index in [1.54, 1.807) is 0 Å². The Bertz CT molecular complexity index is 284. The lowest BCUT2D eigenvalue weighted by molar-refractivity contribution is 0.313. The molecule has 0 fully saturated rings. The number of ether oxygens (including phenoxy) is 1. The van der Waals surface area contributed by atoms with Crippen LogP contribution in [-0.4, -0.2) is 6.61 Å². The van der Waals surface area contributed by atoms with Crippen molar-refractivity contribution in [2.45, 2.75) is 12.8 Å². The van der Waals surface area contributed by atoms with Gasteiger partial charge in [0.2, 0.25) is 0 Å². The average molecular weight is 286 g/mol. The van der Waals surface area contributed by atoms with Crippen LogP contribution in [0.25, 0.3) is 0 Å². The van der Waals surface area contributed by atoms with Crippen LogP contribution in [0.1, 0.15) is 12.8 Å². The van der Waals surface area contributed by atoms with Crippen LogP contribution >= 0.6 is 22.6 Å². The molecule has 1 aromatic rings. The molecule has 1 nitrogen and oxygen atoms in total. The summed E-state index contributed by atoms with van der Waals surface area (Å²) in [5.74, 6) is 3.50. The van der Waals surface area contributed by atoms with E-state index < -0.39 is 0 Å². The van der Waals surface area contributed by atoms with E-state index in [-0.39, 0.29) is 0 Å². The van der Waals surface area contributed by atoms with E-state index >= 15 is 0 Å². The summed E-state index contributed by atoms with van der Waals surface area (Å²) in [7, 11) is 0. The molecule has 0 unspecified atom stereocenters. The maximum Gasteiger partial charge on any atom is 0.119 e. The summed E-state index contributed by atoms with van der Waals surface area (Å²) in [5.41, 5.74) is 0. The molecule has 0 aliphatic heterocycles. The molecule has 1 aromatic carbocycles. The monoisotopic (exact) mass is 286 g/mol. The lowest BCUT2D eigenvalue weighted by Crippen LogP contribution is -1.96. The standard InChI is InChI=1S/C11H11IO/c1-2-3-4-9-13-11-7-5-10(12)6-8-11/h1,5-8H,3-4,9H2. The van der Waals surface area contributed by atoms with Crippen LogP contribution in [0.5, 0.6) is 5.75 Å². The molecule has 0 bridgehead atoms. The van der Waals surface area contributed by atoms with Crippen LogP contribution in [0.3, 0.4) is 0 Å². The smallest absolute Gasteiger partial charge is 0.119 e. The summed E-state index contributed by atoms with van der Waals surface area (Å²) in [6, 6.07) is 7.99. The fourth-order valence-corrected chi connectivity index (χ4v) is 1.25. The Hall–Kier alpha value is -0.690. The molecule has 0 aliphatic carbocycles. The van der Waals surface area contributed by atoms with Crippen molar-refractivity contribution in [1.82, 2.24) is 0 Å². The minimum absolute atomic E-state index is 0.699. The summed E-state index contributed by atoms with van der Waals surface area (Å²) in [4.78, 5) is 0. The first kappa shape index (κ1) is 10.4. The van der Waals surface area contributed by atoms with E-state index in [1.165, 1.54) is 3.57 Å². The predicted octanol–water partition coefficient (Wildman–Crippen LogP) is 3.08. The topological polar surface area (TPSA) is 9.23 Å². The molecule has 13 heavy (non-hydrogen) atoms. The predicted molar refractivity (Wildman–Crippen MR) is 62.7 cm³/mol. The zero-order valence-corrected chi connectivity index (χ0v) is 9.45. The molecule has 1 rings (SSSR count). The van der Waals surface area contributed by atoms with Gasteiger partial charge in [-0.1, -0.05) is 0 Å². The Morgan fingerprint density at radius 2 is 2.00 bits per heavy atom. The van der Waals surface area contributed by atoms with Crippen LogP contribution in [-0.2, 0) is 0 Å². The van der Waals surface area contributed by atoms with Gasteiger partial charge in [-0.15, -0.1) is 12.3 Å². The van der Waals surface area contributed by atoms with Crippen LogP contribution in [0.4, 0.5) is 0 Å². The minimum atomic E-state index is 0.699. The summed E-state index contributed by atoms with van der Waals surface area (Å²) in [6.07, 6.45) is 6.82. The number of hydrogen-bond acceptors (Lipinski definition) is 1. The molecule has 0 saturated heterocycles. The molecule has 68 valence electrons. The van der Waals surface area contributed by atoms with Gasteiger partial charge in [-0.3, -0.25) is 0 Å². The quantitative estimate of drug-likeness (QED) is 0.469. The first-order valence-corrected chi connectivity index (χ1v) is 5.22. The maximum absolute atomic E-state index is 5.46. The number of unbranched alkanes of at least 4 members (excludes halogenated alkanes) is 1. The van der Waals surface area contributed by atoms with Gasteiger partial charge in [0.25, 0.3) is 0 Å². The van der Waals surface area contributed by atoms with Crippen LogP contribution in [0.2, 0.25) is 0 Å². The van der Waals surface area contributed by atoms with E-state index in [4.69, 9.17) is 11.2 Å². The minimum Gasteiger partial charge on any atom is -0.494 e. The highest BCUT2D eigenvalue weighted by Gasteiger charge is 1.92. The maximum atomic E-state index is 5.46. The largest absolute Gasteiger partial charge is 0.494 e. The normalized spacial score (nSPS) is 9.23. The lowest BCUT2D eigenvalue weighted by atomic mass is 10.3. The Morgan fingerprint density at radius 3 is 2.62 bits per heavy atom. The molecular formula is C11H11IO. The fourth-order valence-electron chi connectivity index (χ4n) is 0.895. The highest BCUT2D eigenvalue weighted by Crippen LogP contribution is 2.13. The molecule has 0 radical (unpaired) electrons. The van der Waals surface area contributed by atoms with E-state index in [0.717, 1.165) is 18.6 Å². The van der Waals surface area contributed by atoms with Gasteiger partial charge in [-0.2, -0.15) is 0 Å². The van der Waals surface area contributed by atoms with Crippen molar-refractivity contribution < 1.29 is 4.74 Å². The average Bonchev–Trinajstić information content (AvgIpc) is 2.15. The van der Waals surface area contributed by atoms with Crippen LogP contribution < -0.4 is 4.74 Å². The summed E-state index contributed by atoms with van der Waals surface area (Å²) >= 11 is 2.27. The molecule has 0 aliphatic rings. The van der Waals surface area contributed by atoms with Crippen molar-refractivity contribution in [2.24, 2.45) is 0 Å². The Morgan fingerprint density at radius 1 is 1.31 bits per heavy atom. The van der Waals surface area contributed by atoms with E-state index in [9.17, 15) is 0 Å². The van der Waals surface area contributed by atoms with Crippen molar-refractivity contribution in [3.8, 4) is 18.1 Å². The van der Waals surface area contributed by atoms with Crippen LogP contribution in [0.15, 0.2) is 24.3 Å². The van der Waals surface area contributed by atoms with Gasteiger partial charge in [0.15, 0.2) is 0 Å². The third-order valence-electron chi connectivity index (χ3n) is 1.55. The van der Waals surface area contributed by atoms with Gasteiger partial charge in [0, 0.05) is 9.99 Å². The summed E-state index contributed by atoms with van der Waals surface area (Å²) in [6.45, 7) is 0.699. The van der Waals surface area contributed by atoms with Gasteiger partial charge in [0.1, 0.15) is 5.75 Å². The van der Waals surface area contributed by atoms with Gasteiger partial charge in [-0.25, -0.2) is 0 Å². The first-order chi connectivity index (χ1) is 6.33. The Balaban J connectivity index is 2.30. The number of terminal acetylenes is 1. The number of hydrogen-bond donors (Lipinski definition) is 0.